The number of nitrogens with one attached hydrogen (secondary N) is 2. The highest BCUT2D eigenvalue weighted by molar-refractivity contribution is 9.10. The van der Waals surface area contributed by atoms with Crippen LogP contribution in [0.2, 0.25) is 0 Å². The molecule has 2 aromatic heterocycles. The Balaban J connectivity index is 2.13. The zero-order valence-electron chi connectivity index (χ0n) is 9.63. The van der Waals surface area contributed by atoms with Crippen LogP contribution in [-0.4, -0.2) is 13.4 Å². The van der Waals surface area contributed by atoms with Crippen molar-refractivity contribution in [1.82, 2.24) is 9.71 Å². The number of nitrogens with two attached hydrogens (primary N) is 1. The van der Waals surface area contributed by atoms with Crippen molar-refractivity contribution < 1.29 is 8.42 Å². The van der Waals surface area contributed by atoms with E-state index in [4.69, 9.17) is 5.84 Å². The highest BCUT2D eigenvalue weighted by Crippen LogP contribution is 2.20. The molecule has 9 heteroatoms. The molecule has 0 aliphatic heterocycles. The molecule has 6 nitrogen and oxygen atoms in total. The first-order chi connectivity index (χ1) is 9.01. The smallest absolute Gasteiger partial charge is 0.241 e. The molecule has 0 unspecified atom stereocenters. The molecule has 2 aromatic rings. The zero-order chi connectivity index (χ0) is 13.9. The zero-order valence-corrected chi connectivity index (χ0v) is 12.8. The number of sulfonamides is 1. The van der Waals surface area contributed by atoms with E-state index in [1.165, 1.54) is 29.7 Å². The molecule has 0 saturated heterocycles. The van der Waals surface area contributed by atoms with Crippen LogP contribution in [-0.2, 0) is 16.6 Å². The van der Waals surface area contributed by atoms with Crippen LogP contribution >= 0.6 is 27.3 Å². The third kappa shape index (κ3) is 3.74. The molecular formula is C10H11BrN4O2S2. The predicted molar refractivity (Wildman–Crippen MR) is 78.1 cm³/mol. The number of rotatable bonds is 5. The van der Waals surface area contributed by atoms with E-state index in [-0.39, 0.29) is 11.4 Å². The standard InChI is InChI=1S/C10H11BrN4O2S2/c11-7-3-8(18-6-7)5-14-19(16,17)9-1-2-13-10(4-9)15-12/h1-4,6,14H,5,12H2,(H,13,15). The van der Waals surface area contributed by atoms with Gasteiger partial charge in [-0.2, -0.15) is 0 Å². The van der Waals surface area contributed by atoms with Gasteiger partial charge in [0.1, 0.15) is 5.82 Å². The van der Waals surface area contributed by atoms with Gasteiger partial charge in [0, 0.05) is 33.5 Å². The molecular weight excluding hydrogens is 352 g/mol. The molecule has 4 N–H and O–H groups in total. The molecule has 0 spiro atoms. The van der Waals surface area contributed by atoms with E-state index in [1.54, 1.807) is 0 Å². The fraction of sp³-hybridized carbons (Fsp3) is 0.100. The van der Waals surface area contributed by atoms with Gasteiger partial charge in [0.25, 0.3) is 0 Å². The molecule has 0 aliphatic carbocycles. The Morgan fingerprint density at radius 1 is 1.42 bits per heavy atom. The SMILES string of the molecule is NNc1cc(S(=O)(=O)NCc2cc(Br)cs2)ccn1. The number of nitrogens with zero attached hydrogens (tertiary/aromatic N) is 1. The lowest BCUT2D eigenvalue weighted by Gasteiger charge is -2.06. The number of hydrogen-bond donors (Lipinski definition) is 3. The van der Waals surface area contributed by atoms with E-state index in [0.717, 1.165) is 9.35 Å². The minimum atomic E-state index is -3.58. The first-order valence-corrected chi connectivity index (χ1v) is 8.32. The number of aromatic nitrogens is 1. The maximum atomic E-state index is 12.1. The van der Waals surface area contributed by atoms with Gasteiger partial charge in [0.15, 0.2) is 0 Å². The molecule has 0 aliphatic rings. The fourth-order valence-corrected chi connectivity index (χ4v) is 3.85. The normalized spacial score (nSPS) is 11.5. The number of pyridine rings is 1. The Kier molecular flexibility index (Phi) is 4.53. The van der Waals surface area contributed by atoms with Gasteiger partial charge in [-0.25, -0.2) is 24.0 Å². The Labute approximate surface area is 123 Å². The first kappa shape index (κ1) is 14.4. The molecule has 2 heterocycles. The number of anilines is 1. The van der Waals surface area contributed by atoms with E-state index < -0.39 is 10.0 Å². The summed E-state index contributed by atoms with van der Waals surface area (Å²) in [7, 11) is -3.58. The average Bonchev–Trinajstić information content (AvgIpc) is 2.82. The predicted octanol–water partition coefficient (Wildman–Crippen LogP) is 1.67. The number of hydrazine groups is 1. The molecule has 0 atom stereocenters. The topological polar surface area (TPSA) is 97.1 Å². The van der Waals surface area contributed by atoms with Crippen LogP contribution < -0.4 is 16.0 Å². The van der Waals surface area contributed by atoms with Crippen molar-refractivity contribution in [2.75, 3.05) is 5.43 Å². The van der Waals surface area contributed by atoms with Crippen LogP contribution in [0.3, 0.4) is 0 Å². The van der Waals surface area contributed by atoms with Gasteiger partial charge in [-0.1, -0.05) is 0 Å². The summed E-state index contributed by atoms with van der Waals surface area (Å²) in [4.78, 5) is 4.90. The van der Waals surface area contributed by atoms with Crippen molar-refractivity contribution in [3.05, 3.63) is 39.1 Å². The van der Waals surface area contributed by atoms with Crippen LogP contribution in [0, 0.1) is 0 Å². The molecule has 0 radical (unpaired) electrons. The molecule has 0 amide bonds. The lowest BCUT2D eigenvalue weighted by molar-refractivity contribution is 0.581. The number of hydrogen-bond acceptors (Lipinski definition) is 6. The second-order valence-corrected chi connectivity index (χ2v) is 7.26. The average molecular weight is 363 g/mol. The van der Waals surface area contributed by atoms with Crippen molar-refractivity contribution >= 4 is 43.1 Å². The largest absolute Gasteiger partial charge is 0.308 e. The Morgan fingerprint density at radius 3 is 2.84 bits per heavy atom. The van der Waals surface area contributed by atoms with Crippen molar-refractivity contribution in [3.63, 3.8) is 0 Å². The van der Waals surface area contributed by atoms with Gasteiger partial charge in [0.05, 0.1) is 4.90 Å². The lowest BCUT2D eigenvalue weighted by atomic mass is 10.5. The number of thiophene rings is 1. The molecule has 2 rings (SSSR count). The Morgan fingerprint density at radius 2 is 2.21 bits per heavy atom. The Bertz CT molecular complexity index is 672. The first-order valence-electron chi connectivity index (χ1n) is 5.16. The van der Waals surface area contributed by atoms with Gasteiger partial charge < -0.3 is 5.43 Å². The number of halogens is 1. The summed E-state index contributed by atoms with van der Waals surface area (Å²) in [6.07, 6.45) is 1.38. The molecule has 0 bridgehead atoms. The monoisotopic (exact) mass is 362 g/mol. The summed E-state index contributed by atoms with van der Waals surface area (Å²) in [6.45, 7) is 0.242. The molecule has 0 saturated carbocycles. The van der Waals surface area contributed by atoms with Crippen LogP contribution in [0.15, 0.2) is 39.1 Å². The summed E-state index contributed by atoms with van der Waals surface area (Å²) >= 11 is 4.79. The van der Waals surface area contributed by atoms with Crippen molar-refractivity contribution in [3.8, 4) is 0 Å². The van der Waals surface area contributed by atoms with Gasteiger partial charge in [-0.15, -0.1) is 11.3 Å². The summed E-state index contributed by atoms with van der Waals surface area (Å²) in [5, 5.41) is 1.90. The van der Waals surface area contributed by atoms with Gasteiger partial charge in [-0.3, -0.25) is 0 Å². The van der Waals surface area contributed by atoms with Crippen molar-refractivity contribution in [2.45, 2.75) is 11.4 Å². The van der Waals surface area contributed by atoms with E-state index in [2.05, 4.69) is 31.1 Å². The maximum absolute atomic E-state index is 12.1. The van der Waals surface area contributed by atoms with Gasteiger partial charge >= 0.3 is 0 Å². The van der Waals surface area contributed by atoms with Crippen molar-refractivity contribution in [1.29, 1.82) is 0 Å². The summed E-state index contributed by atoms with van der Waals surface area (Å²) in [5.74, 6) is 5.49. The molecule has 0 fully saturated rings. The van der Waals surface area contributed by atoms with Gasteiger partial charge in [-0.05, 0) is 28.1 Å². The fourth-order valence-electron chi connectivity index (χ4n) is 1.35. The lowest BCUT2D eigenvalue weighted by Crippen LogP contribution is -2.23. The Hall–Kier alpha value is -1.00. The van der Waals surface area contributed by atoms with E-state index >= 15 is 0 Å². The summed E-state index contributed by atoms with van der Waals surface area (Å²) in [6, 6.07) is 4.65. The van der Waals surface area contributed by atoms with E-state index in [1.807, 2.05) is 11.4 Å². The van der Waals surface area contributed by atoms with Crippen LogP contribution in [0.1, 0.15) is 4.88 Å². The van der Waals surface area contributed by atoms with Crippen LogP contribution in [0.5, 0.6) is 0 Å². The third-order valence-corrected chi connectivity index (χ3v) is 5.34. The highest BCUT2D eigenvalue weighted by Gasteiger charge is 2.14. The highest BCUT2D eigenvalue weighted by atomic mass is 79.9. The van der Waals surface area contributed by atoms with Crippen LogP contribution in [0.25, 0.3) is 0 Å². The number of nitrogen functional groups attached to an aromatic ring is 1. The summed E-state index contributed by atoms with van der Waals surface area (Å²) in [5.41, 5.74) is 2.31. The van der Waals surface area contributed by atoms with Crippen molar-refractivity contribution in [2.24, 2.45) is 5.84 Å². The molecule has 0 aromatic carbocycles. The summed E-state index contributed by atoms with van der Waals surface area (Å²) < 4.78 is 27.6. The van der Waals surface area contributed by atoms with E-state index in [0.29, 0.717) is 5.82 Å². The second kappa shape index (κ2) is 5.97. The minimum Gasteiger partial charge on any atom is -0.308 e. The molecule has 19 heavy (non-hydrogen) atoms. The quantitative estimate of drug-likeness (QED) is 0.555. The maximum Gasteiger partial charge on any atom is 0.241 e. The second-order valence-electron chi connectivity index (χ2n) is 3.58. The van der Waals surface area contributed by atoms with Crippen LogP contribution in [0.4, 0.5) is 5.82 Å². The van der Waals surface area contributed by atoms with E-state index in [9.17, 15) is 8.42 Å². The minimum absolute atomic E-state index is 0.117. The van der Waals surface area contributed by atoms with Gasteiger partial charge in [0.2, 0.25) is 10.0 Å². The third-order valence-electron chi connectivity index (χ3n) is 2.25. The molecule has 102 valence electrons.